The smallest absolute Gasteiger partial charge is 0.317 e. The molecule has 24 heavy (non-hydrogen) atoms. The van der Waals surface area contributed by atoms with Gasteiger partial charge in [-0.05, 0) is 43.0 Å². The minimum Gasteiger partial charge on any atom is -0.338 e. The van der Waals surface area contributed by atoms with Gasteiger partial charge >= 0.3 is 6.03 Å². The summed E-state index contributed by atoms with van der Waals surface area (Å²) in [5, 5.41) is 7.26. The summed E-state index contributed by atoms with van der Waals surface area (Å²) in [7, 11) is 1.92. The van der Waals surface area contributed by atoms with Crippen molar-refractivity contribution < 1.29 is 4.79 Å². The first-order chi connectivity index (χ1) is 11.7. The van der Waals surface area contributed by atoms with Gasteiger partial charge in [0.05, 0.1) is 5.69 Å². The molecular weight excluding hydrogens is 300 g/mol. The van der Waals surface area contributed by atoms with Crippen molar-refractivity contribution in [1.29, 1.82) is 0 Å². The van der Waals surface area contributed by atoms with Crippen LogP contribution >= 0.6 is 0 Å². The molecule has 0 aliphatic heterocycles. The average Bonchev–Trinajstić information content (AvgIpc) is 3.17. The van der Waals surface area contributed by atoms with E-state index >= 15 is 0 Å². The summed E-state index contributed by atoms with van der Waals surface area (Å²) < 4.78 is 1.84. The van der Waals surface area contributed by atoms with Crippen LogP contribution in [0.1, 0.15) is 37.7 Å². The number of nitrogens with zero attached hydrogens (tertiary/aromatic N) is 3. The van der Waals surface area contributed by atoms with Crippen molar-refractivity contribution in [3.8, 4) is 5.69 Å². The van der Waals surface area contributed by atoms with Crippen molar-refractivity contribution in [2.45, 2.75) is 44.6 Å². The number of nitrogens with one attached hydrogen (secondary N) is 1. The molecule has 1 heterocycles. The van der Waals surface area contributed by atoms with E-state index in [9.17, 15) is 4.79 Å². The first kappa shape index (κ1) is 16.6. The van der Waals surface area contributed by atoms with Crippen molar-refractivity contribution in [3.63, 3.8) is 0 Å². The van der Waals surface area contributed by atoms with Crippen LogP contribution in [0.5, 0.6) is 0 Å². The topological polar surface area (TPSA) is 50.2 Å². The molecule has 0 unspecified atom stereocenters. The molecule has 1 aliphatic carbocycles. The van der Waals surface area contributed by atoms with Crippen LogP contribution in [0.2, 0.25) is 0 Å². The molecule has 5 heteroatoms. The van der Waals surface area contributed by atoms with Crippen LogP contribution in [0.3, 0.4) is 0 Å². The fourth-order valence-corrected chi connectivity index (χ4v) is 3.31. The molecule has 0 atom stereocenters. The van der Waals surface area contributed by atoms with Gasteiger partial charge in [-0.25, -0.2) is 9.48 Å². The second-order valence-corrected chi connectivity index (χ2v) is 6.50. The van der Waals surface area contributed by atoms with Gasteiger partial charge in [0.15, 0.2) is 0 Å². The Kier molecular flexibility index (Phi) is 5.51. The van der Waals surface area contributed by atoms with Crippen molar-refractivity contribution >= 4 is 6.03 Å². The number of hydrogen-bond donors (Lipinski definition) is 1. The molecule has 2 aromatic rings. The number of hydrogen-bond acceptors (Lipinski definition) is 2. The van der Waals surface area contributed by atoms with Crippen LogP contribution in [0.25, 0.3) is 5.69 Å². The first-order valence-electron chi connectivity index (χ1n) is 8.83. The maximum Gasteiger partial charge on any atom is 0.317 e. The van der Waals surface area contributed by atoms with E-state index < -0.39 is 0 Å². The lowest BCUT2D eigenvalue weighted by Gasteiger charge is -2.31. The highest BCUT2D eigenvalue weighted by Gasteiger charge is 2.21. The molecule has 1 N–H and O–H groups in total. The van der Waals surface area contributed by atoms with Gasteiger partial charge in [0.25, 0.3) is 0 Å². The molecule has 128 valence electrons. The zero-order chi connectivity index (χ0) is 16.8. The van der Waals surface area contributed by atoms with E-state index in [-0.39, 0.29) is 6.03 Å². The number of carbonyl (C=O) groups excluding carboxylic acids is 1. The van der Waals surface area contributed by atoms with Crippen LogP contribution < -0.4 is 5.32 Å². The van der Waals surface area contributed by atoms with E-state index in [4.69, 9.17) is 0 Å². The number of benzene rings is 1. The highest BCUT2D eigenvalue weighted by molar-refractivity contribution is 5.74. The summed E-state index contributed by atoms with van der Waals surface area (Å²) in [6, 6.07) is 10.7. The van der Waals surface area contributed by atoms with E-state index in [1.807, 2.05) is 28.9 Å². The molecule has 0 bridgehead atoms. The van der Waals surface area contributed by atoms with Crippen LogP contribution in [0.15, 0.2) is 42.7 Å². The summed E-state index contributed by atoms with van der Waals surface area (Å²) in [4.78, 5) is 14.1. The van der Waals surface area contributed by atoms with Crippen LogP contribution in [0.4, 0.5) is 4.79 Å². The Labute approximate surface area is 143 Å². The third-order valence-corrected chi connectivity index (χ3v) is 4.84. The van der Waals surface area contributed by atoms with Crippen molar-refractivity contribution in [2.24, 2.45) is 0 Å². The predicted octanol–water partition coefficient (Wildman–Crippen LogP) is 3.39. The molecule has 1 fully saturated rings. The molecule has 1 aromatic carbocycles. The van der Waals surface area contributed by atoms with E-state index in [1.54, 1.807) is 6.20 Å². The second-order valence-electron chi connectivity index (χ2n) is 6.50. The Balaban J connectivity index is 1.44. The highest BCUT2D eigenvalue weighted by atomic mass is 16.2. The standard InChI is InChI=1S/C19H26N4O/c1-22(17-6-3-2-4-7-17)19(24)20-14-12-16-8-10-18(11-9-16)23-15-5-13-21-23/h5,8-11,13,15,17H,2-4,6-7,12,14H2,1H3,(H,20,24). The zero-order valence-electron chi connectivity index (χ0n) is 14.3. The Morgan fingerprint density at radius 3 is 2.67 bits per heavy atom. The van der Waals surface area contributed by atoms with Gasteiger partial charge in [-0.15, -0.1) is 0 Å². The van der Waals surface area contributed by atoms with E-state index in [0.717, 1.165) is 24.9 Å². The lowest BCUT2D eigenvalue weighted by atomic mass is 9.95. The number of urea groups is 1. The molecule has 0 radical (unpaired) electrons. The van der Waals surface area contributed by atoms with Gasteiger partial charge in [-0.1, -0.05) is 31.4 Å². The maximum absolute atomic E-state index is 12.2. The van der Waals surface area contributed by atoms with Crippen LogP contribution in [0, 0.1) is 0 Å². The normalized spacial score (nSPS) is 15.2. The van der Waals surface area contributed by atoms with Crippen molar-refractivity contribution in [1.82, 2.24) is 20.0 Å². The molecule has 3 rings (SSSR count). The number of rotatable bonds is 5. The number of carbonyl (C=O) groups is 1. The number of amides is 2. The summed E-state index contributed by atoms with van der Waals surface area (Å²) in [6.07, 6.45) is 10.6. The number of aromatic nitrogens is 2. The lowest BCUT2D eigenvalue weighted by molar-refractivity contribution is 0.174. The first-order valence-corrected chi connectivity index (χ1v) is 8.83. The quantitative estimate of drug-likeness (QED) is 0.915. The third-order valence-electron chi connectivity index (χ3n) is 4.84. The zero-order valence-corrected chi connectivity index (χ0v) is 14.3. The molecule has 0 saturated heterocycles. The van der Waals surface area contributed by atoms with Gasteiger partial charge in [0.1, 0.15) is 0 Å². The summed E-state index contributed by atoms with van der Waals surface area (Å²) >= 11 is 0. The van der Waals surface area contributed by atoms with Crippen molar-refractivity contribution in [3.05, 3.63) is 48.3 Å². The van der Waals surface area contributed by atoms with Crippen LogP contribution in [-0.4, -0.2) is 40.3 Å². The van der Waals surface area contributed by atoms with E-state index in [0.29, 0.717) is 12.6 Å². The molecule has 1 aromatic heterocycles. The highest BCUT2D eigenvalue weighted by Crippen LogP contribution is 2.21. The van der Waals surface area contributed by atoms with E-state index in [2.05, 4.69) is 34.7 Å². The SMILES string of the molecule is CN(C(=O)NCCc1ccc(-n2cccn2)cc1)C1CCCCC1. The Morgan fingerprint density at radius 1 is 1.25 bits per heavy atom. The van der Waals surface area contributed by atoms with Gasteiger partial charge in [-0.3, -0.25) is 0 Å². The molecule has 0 spiro atoms. The molecule has 5 nitrogen and oxygen atoms in total. The van der Waals surface area contributed by atoms with Gasteiger partial charge in [0, 0.05) is 32.0 Å². The molecule has 2 amide bonds. The Bertz CT molecular complexity index is 630. The fourth-order valence-electron chi connectivity index (χ4n) is 3.31. The van der Waals surface area contributed by atoms with Gasteiger partial charge in [-0.2, -0.15) is 5.10 Å². The third kappa shape index (κ3) is 4.16. The van der Waals surface area contributed by atoms with E-state index in [1.165, 1.54) is 24.8 Å². The molecule has 1 aliphatic rings. The summed E-state index contributed by atoms with van der Waals surface area (Å²) in [5.41, 5.74) is 2.26. The Morgan fingerprint density at radius 2 is 2.00 bits per heavy atom. The fraction of sp³-hybridized carbons (Fsp3) is 0.474. The lowest BCUT2D eigenvalue weighted by Crippen LogP contribution is -2.44. The second kappa shape index (κ2) is 7.99. The minimum atomic E-state index is 0.0510. The Hall–Kier alpha value is -2.30. The molecular formula is C19H26N4O. The predicted molar refractivity (Wildman–Crippen MR) is 95.3 cm³/mol. The monoisotopic (exact) mass is 326 g/mol. The van der Waals surface area contributed by atoms with Gasteiger partial charge < -0.3 is 10.2 Å². The maximum atomic E-state index is 12.2. The largest absolute Gasteiger partial charge is 0.338 e. The minimum absolute atomic E-state index is 0.0510. The molecule has 1 saturated carbocycles. The summed E-state index contributed by atoms with van der Waals surface area (Å²) in [6.45, 7) is 0.664. The summed E-state index contributed by atoms with van der Waals surface area (Å²) in [5.74, 6) is 0. The van der Waals surface area contributed by atoms with Gasteiger partial charge in [0.2, 0.25) is 0 Å². The average molecular weight is 326 g/mol. The van der Waals surface area contributed by atoms with Crippen LogP contribution in [-0.2, 0) is 6.42 Å². The van der Waals surface area contributed by atoms with Crippen molar-refractivity contribution in [2.75, 3.05) is 13.6 Å².